The third-order valence-electron chi connectivity index (χ3n) is 3.27. The molecule has 0 saturated carbocycles. The molecule has 2 rings (SSSR count). The Kier molecular flexibility index (Phi) is 4.08. The summed E-state index contributed by atoms with van der Waals surface area (Å²) in [5.74, 6) is -0.227. The Balaban J connectivity index is 2.35. The minimum atomic E-state index is -1.01. The highest BCUT2D eigenvalue weighted by Gasteiger charge is 2.12. The van der Waals surface area contributed by atoms with E-state index in [1.165, 1.54) is 5.56 Å². The molecule has 0 aliphatic carbocycles. The van der Waals surface area contributed by atoms with Crippen molar-refractivity contribution in [1.82, 2.24) is 9.78 Å². The average molecular weight is 274 g/mol. The van der Waals surface area contributed by atoms with Crippen LogP contribution in [0.4, 0.5) is 0 Å². The summed E-state index contributed by atoms with van der Waals surface area (Å²) in [5, 5.41) is 13.1. The lowest BCUT2D eigenvalue weighted by Crippen LogP contribution is -2.07. The molecule has 106 valence electrons. The van der Waals surface area contributed by atoms with Gasteiger partial charge in [0.15, 0.2) is 5.69 Å². The molecule has 2 aromatic rings. The van der Waals surface area contributed by atoms with Gasteiger partial charge in [-0.25, -0.2) is 4.79 Å². The van der Waals surface area contributed by atoms with E-state index in [1.54, 1.807) is 17.9 Å². The van der Waals surface area contributed by atoms with E-state index in [4.69, 9.17) is 9.84 Å². The van der Waals surface area contributed by atoms with Crippen molar-refractivity contribution in [2.24, 2.45) is 0 Å². The summed E-state index contributed by atoms with van der Waals surface area (Å²) in [6, 6.07) is 7.60. The molecule has 0 bridgehead atoms. The Labute approximate surface area is 117 Å². The quantitative estimate of drug-likeness (QED) is 0.910. The van der Waals surface area contributed by atoms with Gasteiger partial charge < -0.3 is 9.84 Å². The number of hydrogen-bond donors (Lipinski definition) is 1. The van der Waals surface area contributed by atoms with Crippen LogP contribution in [-0.4, -0.2) is 28.0 Å². The first kappa shape index (κ1) is 14.1. The van der Waals surface area contributed by atoms with Gasteiger partial charge in [0.05, 0.1) is 13.7 Å². The smallest absolute Gasteiger partial charge is 0.356 e. The predicted molar refractivity (Wildman–Crippen MR) is 75.4 cm³/mol. The van der Waals surface area contributed by atoms with Gasteiger partial charge in [0, 0.05) is 11.3 Å². The molecule has 0 spiro atoms. The zero-order valence-electron chi connectivity index (χ0n) is 11.9. The molecular weight excluding hydrogens is 256 g/mol. The predicted octanol–water partition coefficient (Wildman–Crippen LogP) is 2.51. The third kappa shape index (κ3) is 2.82. The molecule has 0 saturated heterocycles. The number of aromatic carboxylic acids is 1. The van der Waals surface area contributed by atoms with Gasteiger partial charge in [-0.15, -0.1) is 0 Å². The Bertz CT molecular complexity index is 632. The van der Waals surface area contributed by atoms with Crippen molar-refractivity contribution in [1.29, 1.82) is 0 Å². The van der Waals surface area contributed by atoms with Crippen LogP contribution in [0.25, 0.3) is 0 Å². The molecule has 5 heteroatoms. The number of carbonyl (C=O) groups is 1. The van der Waals surface area contributed by atoms with Crippen LogP contribution in [-0.2, 0) is 13.0 Å². The Hall–Kier alpha value is -2.30. The first-order chi connectivity index (χ1) is 9.55. The van der Waals surface area contributed by atoms with Crippen molar-refractivity contribution in [3.63, 3.8) is 0 Å². The lowest BCUT2D eigenvalue weighted by atomic mass is 10.1. The molecule has 1 heterocycles. The van der Waals surface area contributed by atoms with Crippen LogP contribution < -0.4 is 4.74 Å². The summed E-state index contributed by atoms with van der Waals surface area (Å²) in [6.45, 7) is 4.43. The summed E-state index contributed by atoms with van der Waals surface area (Å²) in [4.78, 5) is 10.9. The molecule has 20 heavy (non-hydrogen) atoms. The number of rotatable bonds is 5. The van der Waals surface area contributed by atoms with Crippen LogP contribution in [0.15, 0.2) is 24.3 Å². The monoisotopic (exact) mass is 274 g/mol. The van der Waals surface area contributed by atoms with E-state index in [1.807, 2.05) is 19.1 Å². The number of methoxy groups -OCH3 is 1. The minimum Gasteiger partial charge on any atom is -0.496 e. The number of hydrogen-bond acceptors (Lipinski definition) is 3. The molecule has 1 aromatic heterocycles. The average Bonchev–Trinajstić information content (AvgIpc) is 2.80. The second kappa shape index (κ2) is 5.77. The second-order valence-electron chi connectivity index (χ2n) is 4.63. The van der Waals surface area contributed by atoms with Crippen molar-refractivity contribution in [3.8, 4) is 5.75 Å². The minimum absolute atomic E-state index is 0.0631. The molecule has 0 aliphatic rings. The van der Waals surface area contributed by atoms with Gasteiger partial charge in [0.2, 0.25) is 0 Å². The zero-order valence-corrected chi connectivity index (χ0v) is 11.9. The highest BCUT2D eigenvalue weighted by atomic mass is 16.5. The van der Waals surface area contributed by atoms with Gasteiger partial charge in [-0.1, -0.05) is 19.1 Å². The maximum Gasteiger partial charge on any atom is 0.356 e. The number of aromatic nitrogens is 2. The lowest BCUT2D eigenvalue weighted by Gasteiger charge is -2.11. The van der Waals surface area contributed by atoms with Crippen molar-refractivity contribution < 1.29 is 14.6 Å². The van der Waals surface area contributed by atoms with Crippen LogP contribution in [0.2, 0.25) is 0 Å². The highest BCUT2D eigenvalue weighted by molar-refractivity contribution is 5.85. The summed E-state index contributed by atoms with van der Waals surface area (Å²) in [7, 11) is 1.63. The van der Waals surface area contributed by atoms with Gasteiger partial charge >= 0.3 is 5.97 Å². The van der Waals surface area contributed by atoms with Gasteiger partial charge in [0.25, 0.3) is 0 Å². The van der Waals surface area contributed by atoms with Crippen molar-refractivity contribution in [2.75, 3.05) is 7.11 Å². The molecule has 0 unspecified atom stereocenters. The molecule has 0 atom stereocenters. The van der Waals surface area contributed by atoms with Gasteiger partial charge in [0.1, 0.15) is 5.75 Å². The van der Waals surface area contributed by atoms with Crippen molar-refractivity contribution in [3.05, 3.63) is 46.8 Å². The Morgan fingerprint density at radius 3 is 2.70 bits per heavy atom. The fourth-order valence-electron chi connectivity index (χ4n) is 2.11. The van der Waals surface area contributed by atoms with Crippen LogP contribution in [0, 0.1) is 6.92 Å². The summed E-state index contributed by atoms with van der Waals surface area (Å²) >= 11 is 0. The summed E-state index contributed by atoms with van der Waals surface area (Å²) < 4.78 is 7.04. The molecule has 0 radical (unpaired) electrons. The molecule has 0 amide bonds. The van der Waals surface area contributed by atoms with Crippen LogP contribution in [0.1, 0.15) is 34.2 Å². The van der Waals surface area contributed by atoms with Crippen LogP contribution in [0.3, 0.4) is 0 Å². The zero-order chi connectivity index (χ0) is 14.7. The number of nitrogens with zero attached hydrogens (tertiary/aromatic N) is 2. The molecule has 5 nitrogen and oxygen atoms in total. The van der Waals surface area contributed by atoms with Crippen molar-refractivity contribution in [2.45, 2.75) is 26.8 Å². The Morgan fingerprint density at radius 2 is 2.15 bits per heavy atom. The molecule has 1 aromatic carbocycles. The number of carboxylic acid groups (broad SMARTS) is 1. The van der Waals surface area contributed by atoms with E-state index < -0.39 is 5.97 Å². The highest BCUT2D eigenvalue weighted by Crippen LogP contribution is 2.22. The maximum absolute atomic E-state index is 10.9. The van der Waals surface area contributed by atoms with Crippen LogP contribution >= 0.6 is 0 Å². The molecule has 0 aliphatic heterocycles. The molecule has 0 fully saturated rings. The van der Waals surface area contributed by atoms with Crippen LogP contribution in [0.5, 0.6) is 5.75 Å². The molecule has 1 N–H and O–H groups in total. The Morgan fingerprint density at radius 1 is 1.40 bits per heavy atom. The van der Waals surface area contributed by atoms with E-state index in [2.05, 4.69) is 18.1 Å². The van der Waals surface area contributed by atoms with E-state index in [9.17, 15) is 4.79 Å². The second-order valence-corrected chi connectivity index (χ2v) is 4.63. The molecular formula is C15H18N2O3. The number of ether oxygens (including phenoxy) is 1. The standard InChI is InChI=1S/C15H18N2O3/c1-4-11-5-6-14(20-3)12(8-11)9-17-10(2)7-13(16-17)15(18)19/h5-8H,4,9H2,1-3H3,(H,18,19). The largest absolute Gasteiger partial charge is 0.496 e. The summed E-state index contributed by atoms with van der Waals surface area (Å²) in [6.07, 6.45) is 0.940. The van der Waals surface area contributed by atoms with Gasteiger partial charge in [-0.2, -0.15) is 5.10 Å². The first-order valence-electron chi connectivity index (χ1n) is 6.48. The van der Waals surface area contributed by atoms with E-state index >= 15 is 0 Å². The van der Waals surface area contributed by atoms with E-state index in [-0.39, 0.29) is 5.69 Å². The van der Waals surface area contributed by atoms with Crippen molar-refractivity contribution >= 4 is 5.97 Å². The number of carboxylic acids is 1. The number of benzene rings is 1. The van der Waals surface area contributed by atoms with Gasteiger partial charge in [-0.3, -0.25) is 4.68 Å². The fraction of sp³-hybridized carbons (Fsp3) is 0.333. The first-order valence-corrected chi connectivity index (χ1v) is 6.48. The normalized spacial score (nSPS) is 10.6. The summed E-state index contributed by atoms with van der Waals surface area (Å²) in [5.41, 5.74) is 3.08. The fourth-order valence-corrected chi connectivity index (χ4v) is 2.11. The SMILES string of the molecule is CCc1ccc(OC)c(Cn2nc(C(=O)O)cc2C)c1. The maximum atomic E-state index is 10.9. The number of aryl methyl sites for hydroxylation is 2. The third-order valence-corrected chi connectivity index (χ3v) is 3.27. The van der Waals surface area contributed by atoms with Gasteiger partial charge in [-0.05, 0) is 31.0 Å². The lowest BCUT2D eigenvalue weighted by molar-refractivity contribution is 0.0689. The van der Waals surface area contributed by atoms with E-state index in [0.29, 0.717) is 6.54 Å². The van der Waals surface area contributed by atoms with E-state index in [0.717, 1.165) is 23.4 Å². The topological polar surface area (TPSA) is 64.4 Å².